The van der Waals surface area contributed by atoms with Gasteiger partial charge in [-0.25, -0.2) is 4.18 Å². The van der Waals surface area contributed by atoms with Crippen molar-refractivity contribution in [3.63, 3.8) is 0 Å². The van der Waals surface area contributed by atoms with Gasteiger partial charge in [-0.3, -0.25) is 0 Å². The van der Waals surface area contributed by atoms with E-state index in [2.05, 4.69) is 0 Å². The van der Waals surface area contributed by atoms with Gasteiger partial charge in [0.2, 0.25) is 0 Å². The van der Waals surface area contributed by atoms with Crippen molar-refractivity contribution < 1.29 is 17.7 Å². The van der Waals surface area contributed by atoms with Crippen molar-refractivity contribution in [1.29, 1.82) is 0 Å². The Labute approximate surface area is 96.7 Å². The Hall–Kier alpha value is -0.650. The number of hydrogen-bond donors (Lipinski definition) is 1. The zero-order valence-corrected chi connectivity index (χ0v) is 10.6. The van der Waals surface area contributed by atoms with E-state index in [0.29, 0.717) is 0 Å². The quantitative estimate of drug-likeness (QED) is 0.604. The second kappa shape index (κ2) is 4.69. The van der Waals surface area contributed by atoms with Crippen LogP contribution in [0.5, 0.6) is 0 Å². The molecule has 3 unspecified atom stereocenters. The Morgan fingerprint density at radius 2 is 2.12 bits per heavy atom. The van der Waals surface area contributed by atoms with Crippen LogP contribution >= 0.6 is 0 Å². The van der Waals surface area contributed by atoms with Gasteiger partial charge in [-0.2, -0.15) is 8.42 Å². The van der Waals surface area contributed by atoms with Crippen molar-refractivity contribution in [2.75, 3.05) is 0 Å². The molecule has 1 rings (SSSR count). The van der Waals surface area contributed by atoms with E-state index in [1.807, 2.05) is 0 Å². The van der Waals surface area contributed by atoms with E-state index in [1.165, 1.54) is 0 Å². The van der Waals surface area contributed by atoms with Crippen LogP contribution < -0.4 is 0 Å². The largest absolute Gasteiger partial charge is 0.367 e. The minimum Gasteiger partial charge on any atom is -0.367 e. The maximum Gasteiger partial charge on any atom is 0.279 e. The first-order valence-corrected chi connectivity index (χ1v) is 6.71. The van der Waals surface area contributed by atoms with E-state index in [9.17, 15) is 13.5 Å². The number of aliphatic hydroxyl groups excluding tert-OH is 1. The molecule has 0 aromatic rings. The molecule has 1 aliphatic carbocycles. The third-order valence-corrected chi connectivity index (χ3v) is 5.03. The summed E-state index contributed by atoms with van der Waals surface area (Å²) in [6.07, 6.45) is 5.85. The summed E-state index contributed by atoms with van der Waals surface area (Å²) in [5, 5.41) is 9.28. The summed E-state index contributed by atoms with van der Waals surface area (Å²) in [7, 11) is -3.83. The summed E-state index contributed by atoms with van der Waals surface area (Å²) in [6.45, 7) is 5.05. The molecule has 0 fully saturated rings. The van der Waals surface area contributed by atoms with Crippen LogP contribution in [0.3, 0.4) is 0 Å². The smallest absolute Gasteiger partial charge is 0.279 e. The maximum atomic E-state index is 12.0. The predicted molar refractivity (Wildman–Crippen MR) is 62.2 cm³/mol. The van der Waals surface area contributed by atoms with E-state index < -0.39 is 21.2 Å². The van der Waals surface area contributed by atoms with Crippen LogP contribution in [0.15, 0.2) is 24.3 Å². The number of hydrogen-bond acceptors (Lipinski definition) is 4. The Kier molecular flexibility index (Phi) is 3.93. The summed E-state index contributed by atoms with van der Waals surface area (Å²) in [5.74, 6) is -0.188. The normalized spacial score (nSPS) is 31.6. The standard InChI is InChI=1S/C11H18O4S/c1-4-10(12)15-16(13,14)11(3)8-6-5-7-9(11)2/h5-10,12H,4H2,1-3H3. The number of rotatable bonds is 4. The van der Waals surface area contributed by atoms with Crippen LogP contribution in [-0.2, 0) is 14.3 Å². The molecule has 0 saturated heterocycles. The average Bonchev–Trinajstić information content (AvgIpc) is 2.21. The zero-order valence-electron chi connectivity index (χ0n) is 9.75. The van der Waals surface area contributed by atoms with Crippen LogP contribution in [0.4, 0.5) is 0 Å². The second-order valence-electron chi connectivity index (χ2n) is 4.13. The van der Waals surface area contributed by atoms with E-state index in [4.69, 9.17) is 4.18 Å². The van der Waals surface area contributed by atoms with Gasteiger partial charge in [-0.05, 0) is 19.3 Å². The van der Waals surface area contributed by atoms with Crippen molar-refractivity contribution in [1.82, 2.24) is 0 Å². The van der Waals surface area contributed by atoms with Gasteiger partial charge in [0.05, 0.1) is 0 Å². The fraction of sp³-hybridized carbons (Fsp3) is 0.636. The lowest BCUT2D eigenvalue weighted by molar-refractivity contribution is -0.0159. The van der Waals surface area contributed by atoms with Gasteiger partial charge in [-0.15, -0.1) is 0 Å². The molecule has 0 spiro atoms. The van der Waals surface area contributed by atoms with E-state index in [0.717, 1.165) is 0 Å². The average molecular weight is 246 g/mol. The third-order valence-electron chi connectivity index (χ3n) is 2.97. The lowest BCUT2D eigenvalue weighted by Gasteiger charge is -2.32. The molecule has 0 aliphatic heterocycles. The molecule has 0 amide bonds. The fourth-order valence-electron chi connectivity index (χ4n) is 1.45. The van der Waals surface area contributed by atoms with Gasteiger partial charge in [-0.1, -0.05) is 38.2 Å². The SMILES string of the molecule is CCC(O)OS(=O)(=O)C1(C)C=CC=CC1C. The first-order valence-electron chi connectivity index (χ1n) is 5.30. The topological polar surface area (TPSA) is 63.6 Å². The predicted octanol–water partition coefficient (Wildman–Crippen LogP) is 1.58. The van der Waals surface area contributed by atoms with Crippen molar-refractivity contribution >= 4 is 10.1 Å². The monoisotopic (exact) mass is 246 g/mol. The lowest BCUT2D eigenvalue weighted by Crippen LogP contribution is -2.42. The minimum absolute atomic E-state index is 0.188. The molecule has 92 valence electrons. The highest BCUT2D eigenvalue weighted by Gasteiger charge is 2.43. The number of allylic oxidation sites excluding steroid dienone is 3. The highest BCUT2D eigenvalue weighted by molar-refractivity contribution is 7.88. The molecule has 0 bridgehead atoms. The molecule has 0 aromatic heterocycles. The van der Waals surface area contributed by atoms with E-state index in [1.54, 1.807) is 45.1 Å². The maximum absolute atomic E-state index is 12.0. The molecule has 0 heterocycles. The van der Waals surface area contributed by atoms with Gasteiger partial charge in [0, 0.05) is 0 Å². The van der Waals surface area contributed by atoms with Gasteiger partial charge in [0.15, 0.2) is 6.29 Å². The summed E-state index contributed by atoms with van der Waals surface area (Å²) < 4.78 is 27.7. The lowest BCUT2D eigenvalue weighted by atomic mass is 9.91. The van der Waals surface area contributed by atoms with Crippen LogP contribution in [0.2, 0.25) is 0 Å². The molecular formula is C11H18O4S. The Morgan fingerprint density at radius 1 is 1.50 bits per heavy atom. The zero-order chi connectivity index (χ0) is 12.4. The molecule has 0 radical (unpaired) electrons. The summed E-state index contributed by atoms with van der Waals surface area (Å²) >= 11 is 0. The van der Waals surface area contributed by atoms with Gasteiger partial charge in [0.1, 0.15) is 4.75 Å². The van der Waals surface area contributed by atoms with Crippen LogP contribution in [0, 0.1) is 5.92 Å². The Bertz CT molecular complexity index is 396. The van der Waals surface area contributed by atoms with Crippen LogP contribution in [0.1, 0.15) is 27.2 Å². The van der Waals surface area contributed by atoms with E-state index >= 15 is 0 Å². The van der Waals surface area contributed by atoms with Gasteiger partial charge >= 0.3 is 0 Å². The van der Waals surface area contributed by atoms with Crippen LogP contribution in [0.25, 0.3) is 0 Å². The van der Waals surface area contributed by atoms with E-state index in [-0.39, 0.29) is 12.3 Å². The fourth-order valence-corrected chi connectivity index (χ4v) is 2.86. The third kappa shape index (κ3) is 2.36. The molecule has 3 atom stereocenters. The molecule has 1 aliphatic rings. The van der Waals surface area contributed by atoms with Crippen molar-refractivity contribution in [3.8, 4) is 0 Å². The molecule has 0 aromatic carbocycles. The minimum atomic E-state index is -3.83. The highest BCUT2D eigenvalue weighted by atomic mass is 32.2. The molecule has 16 heavy (non-hydrogen) atoms. The summed E-state index contributed by atoms with van der Waals surface area (Å²) in [4.78, 5) is 0. The molecular weight excluding hydrogens is 228 g/mol. The van der Waals surface area contributed by atoms with Gasteiger partial charge < -0.3 is 5.11 Å². The highest BCUT2D eigenvalue weighted by Crippen LogP contribution is 2.33. The first kappa shape index (κ1) is 13.4. The van der Waals surface area contributed by atoms with Crippen molar-refractivity contribution in [2.45, 2.75) is 38.2 Å². The summed E-state index contributed by atoms with van der Waals surface area (Å²) in [5.41, 5.74) is 0. The van der Waals surface area contributed by atoms with Crippen molar-refractivity contribution in [3.05, 3.63) is 24.3 Å². The molecule has 4 nitrogen and oxygen atoms in total. The number of aliphatic hydroxyl groups is 1. The second-order valence-corrected chi connectivity index (χ2v) is 6.11. The Morgan fingerprint density at radius 3 is 2.62 bits per heavy atom. The molecule has 1 N–H and O–H groups in total. The first-order chi connectivity index (χ1) is 7.33. The molecule has 0 saturated carbocycles. The van der Waals surface area contributed by atoms with Gasteiger partial charge in [0.25, 0.3) is 10.1 Å². The molecule has 5 heteroatoms. The summed E-state index contributed by atoms with van der Waals surface area (Å²) in [6, 6.07) is 0. The van der Waals surface area contributed by atoms with Crippen LogP contribution in [-0.4, -0.2) is 24.6 Å². The Balaban J connectivity index is 2.99. The van der Waals surface area contributed by atoms with Crippen molar-refractivity contribution in [2.24, 2.45) is 5.92 Å².